The summed E-state index contributed by atoms with van der Waals surface area (Å²) in [6, 6.07) is 4.02. The van der Waals surface area contributed by atoms with Crippen molar-refractivity contribution in [2.24, 2.45) is 0 Å². The molecule has 0 spiro atoms. The predicted octanol–water partition coefficient (Wildman–Crippen LogP) is 2.69. The molecule has 0 bridgehead atoms. The van der Waals surface area contributed by atoms with Crippen LogP contribution in [-0.2, 0) is 6.42 Å². The van der Waals surface area contributed by atoms with Crippen LogP contribution in [0.15, 0.2) is 18.2 Å². The van der Waals surface area contributed by atoms with Gasteiger partial charge in [0, 0.05) is 6.42 Å². The van der Waals surface area contributed by atoms with E-state index in [0.717, 1.165) is 16.1 Å². The molecule has 0 saturated heterocycles. The Hall–Kier alpha value is -1.40. The molecule has 1 atom stereocenters. The summed E-state index contributed by atoms with van der Waals surface area (Å²) >= 11 is 1.47. The lowest BCUT2D eigenvalue weighted by molar-refractivity contribution is 0.507. The van der Waals surface area contributed by atoms with Crippen LogP contribution in [0.5, 0.6) is 0 Å². The van der Waals surface area contributed by atoms with Gasteiger partial charge in [-0.15, -0.1) is 10.2 Å². The Bertz CT molecular complexity index is 542. The summed E-state index contributed by atoms with van der Waals surface area (Å²) in [4.78, 5) is 0. The van der Waals surface area contributed by atoms with Gasteiger partial charge in [0.2, 0.25) is 0 Å². The van der Waals surface area contributed by atoms with Gasteiger partial charge in [0.25, 0.3) is 0 Å². The zero-order valence-electron chi connectivity index (χ0n) is 10.1. The predicted molar refractivity (Wildman–Crippen MR) is 66.5 cm³/mol. The van der Waals surface area contributed by atoms with Crippen molar-refractivity contribution in [2.75, 3.05) is 7.05 Å². The molecule has 18 heavy (non-hydrogen) atoms. The van der Waals surface area contributed by atoms with E-state index in [2.05, 4.69) is 15.5 Å². The summed E-state index contributed by atoms with van der Waals surface area (Å²) in [5, 5.41) is 12.9. The average molecular weight is 269 g/mol. The van der Waals surface area contributed by atoms with Gasteiger partial charge in [-0.05, 0) is 31.7 Å². The molecular weight excluding hydrogens is 256 g/mol. The monoisotopic (exact) mass is 269 g/mol. The molecule has 1 heterocycles. The van der Waals surface area contributed by atoms with E-state index in [9.17, 15) is 8.78 Å². The van der Waals surface area contributed by atoms with Crippen LogP contribution in [0.3, 0.4) is 0 Å². The van der Waals surface area contributed by atoms with Crippen LogP contribution in [0.25, 0.3) is 0 Å². The van der Waals surface area contributed by atoms with Crippen molar-refractivity contribution in [2.45, 2.75) is 19.4 Å². The number of halogens is 2. The fourth-order valence-electron chi connectivity index (χ4n) is 1.46. The van der Waals surface area contributed by atoms with Gasteiger partial charge in [-0.2, -0.15) is 0 Å². The van der Waals surface area contributed by atoms with Gasteiger partial charge in [0.15, 0.2) is 11.6 Å². The van der Waals surface area contributed by atoms with E-state index in [1.54, 1.807) is 6.07 Å². The molecule has 0 aliphatic heterocycles. The molecule has 0 aliphatic rings. The highest BCUT2D eigenvalue weighted by Crippen LogP contribution is 2.20. The first-order valence-corrected chi connectivity index (χ1v) is 6.35. The number of nitrogens with one attached hydrogen (secondary N) is 1. The molecule has 0 fully saturated rings. The third kappa shape index (κ3) is 2.88. The first kappa shape index (κ1) is 13.0. The van der Waals surface area contributed by atoms with Gasteiger partial charge < -0.3 is 5.32 Å². The maximum absolute atomic E-state index is 13.1. The SMILES string of the molecule is CNC(C)c1nnc(Cc2ccc(F)c(F)c2)s1. The number of hydrogen-bond acceptors (Lipinski definition) is 4. The Morgan fingerprint density at radius 3 is 2.72 bits per heavy atom. The first-order chi connectivity index (χ1) is 8.60. The Labute approximate surface area is 108 Å². The molecular formula is C12H13F2N3S. The molecule has 0 radical (unpaired) electrons. The maximum atomic E-state index is 13.1. The quantitative estimate of drug-likeness (QED) is 0.927. The molecule has 0 aliphatic carbocycles. The summed E-state index contributed by atoms with van der Waals surface area (Å²) in [5.74, 6) is -1.67. The largest absolute Gasteiger partial charge is 0.311 e. The summed E-state index contributed by atoms with van der Waals surface area (Å²) in [6.45, 7) is 1.99. The molecule has 2 rings (SSSR count). The Balaban J connectivity index is 2.13. The molecule has 1 unspecified atom stereocenters. The smallest absolute Gasteiger partial charge is 0.159 e. The van der Waals surface area contributed by atoms with Gasteiger partial charge in [0.05, 0.1) is 6.04 Å². The van der Waals surface area contributed by atoms with Crippen molar-refractivity contribution in [1.29, 1.82) is 0 Å². The second kappa shape index (κ2) is 5.49. The van der Waals surface area contributed by atoms with Crippen molar-refractivity contribution in [1.82, 2.24) is 15.5 Å². The molecule has 3 nitrogen and oxygen atoms in total. The second-order valence-corrected chi connectivity index (χ2v) is 5.06. The number of hydrogen-bond donors (Lipinski definition) is 1. The topological polar surface area (TPSA) is 37.8 Å². The summed E-state index contributed by atoms with van der Waals surface area (Å²) in [6.07, 6.45) is 0.464. The minimum atomic E-state index is -0.833. The van der Waals surface area contributed by atoms with Crippen LogP contribution in [0.2, 0.25) is 0 Å². The van der Waals surface area contributed by atoms with Crippen molar-refractivity contribution in [3.63, 3.8) is 0 Å². The van der Waals surface area contributed by atoms with E-state index in [4.69, 9.17) is 0 Å². The van der Waals surface area contributed by atoms with Crippen molar-refractivity contribution < 1.29 is 8.78 Å². The summed E-state index contributed by atoms with van der Waals surface area (Å²) in [5.41, 5.74) is 0.689. The van der Waals surface area contributed by atoms with E-state index >= 15 is 0 Å². The molecule has 2 aromatic rings. The van der Waals surface area contributed by atoms with Crippen LogP contribution >= 0.6 is 11.3 Å². The number of aromatic nitrogens is 2. The highest BCUT2D eigenvalue weighted by atomic mass is 32.1. The first-order valence-electron chi connectivity index (χ1n) is 5.53. The standard InChI is InChI=1S/C12H13F2N3S/c1-7(15-2)12-17-16-11(18-12)6-8-3-4-9(13)10(14)5-8/h3-5,7,15H,6H2,1-2H3. The van der Waals surface area contributed by atoms with E-state index in [-0.39, 0.29) is 6.04 Å². The number of nitrogens with zero attached hydrogens (tertiary/aromatic N) is 2. The van der Waals surface area contributed by atoms with Gasteiger partial charge in [-0.25, -0.2) is 8.78 Å². The Morgan fingerprint density at radius 1 is 1.28 bits per heavy atom. The van der Waals surface area contributed by atoms with E-state index in [0.29, 0.717) is 12.0 Å². The zero-order valence-corrected chi connectivity index (χ0v) is 10.9. The summed E-state index contributed by atoms with van der Waals surface area (Å²) in [7, 11) is 1.85. The van der Waals surface area contributed by atoms with Crippen molar-refractivity contribution in [3.05, 3.63) is 45.4 Å². The number of rotatable bonds is 4. The third-order valence-electron chi connectivity index (χ3n) is 2.63. The van der Waals surface area contributed by atoms with Gasteiger partial charge in [-0.1, -0.05) is 17.4 Å². The van der Waals surface area contributed by atoms with E-state index in [1.807, 2.05) is 14.0 Å². The normalized spacial score (nSPS) is 12.7. The van der Waals surface area contributed by atoms with E-state index in [1.165, 1.54) is 17.4 Å². The van der Waals surface area contributed by atoms with Gasteiger partial charge >= 0.3 is 0 Å². The van der Waals surface area contributed by atoms with Crippen LogP contribution in [0, 0.1) is 11.6 Å². The number of benzene rings is 1. The molecule has 6 heteroatoms. The Morgan fingerprint density at radius 2 is 2.06 bits per heavy atom. The molecule has 0 amide bonds. The van der Waals surface area contributed by atoms with Gasteiger partial charge in [-0.3, -0.25) is 0 Å². The maximum Gasteiger partial charge on any atom is 0.159 e. The van der Waals surface area contributed by atoms with Crippen molar-refractivity contribution in [3.8, 4) is 0 Å². The Kier molecular flexibility index (Phi) is 3.98. The average Bonchev–Trinajstić information content (AvgIpc) is 2.81. The van der Waals surface area contributed by atoms with Crippen LogP contribution in [0.1, 0.15) is 28.5 Å². The van der Waals surface area contributed by atoms with Crippen LogP contribution in [-0.4, -0.2) is 17.2 Å². The minimum absolute atomic E-state index is 0.140. The lowest BCUT2D eigenvalue weighted by atomic mass is 10.1. The second-order valence-electron chi connectivity index (χ2n) is 3.97. The van der Waals surface area contributed by atoms with Gasteiger partial charge in [0.1, 0.15) is 10.0 Å². The highest BCUT2D eigenvalue weighted by molar-refractivity contribution is 7.11. The summed E-state index contributed by atoms with van der Waals surface area (Å²) < 4.78 is 25.8. The van der Waals surface area contributed by atoms with Crippen LogP contribution in [0.4, 0.5) is 8.78 Å². The van der Waals surface area contributed by atoms with Crippen molar-refractivity contribution >= 4 is 11.3 Å². The minimum Gasteiger partial charge on any atom is -0.311 e. The zero-order chi connectivity index (χ0) is 13.1. The molecule has 0 saturated carbocycles. The molecule has 1 aromatic carbocycles. The fraction of sp³-hybridized carbons (Fsp3) is 0.333. The molecule has 96 valence electrons. The lowest BCUT2D eigenvalue weighted by Gasteiger charge is -2.03. The molecule has 1 aromatic heterocycles. The lowest BCUT2D eigenvalue weighted by Crippen LogP contribution is -2.11. The van der Waals surface area contributed by atoms with Crippen LogP contribution < -0.4 is 5.32 Å². The van der Waals surface area contributed by atoms with E-state index < -0.39 is 11.6 Å². The third-order valence-corrected chi connectivity index (χ3v) is 3.73. The fourth-order valence-corrected chi connectivity index (χ4v) is 2.40. The molecule has 1 N–H and O–H groups in total. The highest BCUT2D eigenvalue weighted by Gasteiger charge is 2.11.